The Morgan fingerprint density at radius 1 is 1.33 bits per heavy atom. The van der Waals surface area contributed by atoms with Crippen molar-refractivity contribution in [3.8, 4) is 0 Å². The molecule has 10 heteroatoms. The number of nitrogens with one attached hydrogen (secondary N) is 1. The first kappa shape index (κ1) is 21.1. The molecule has 1 N–H and O–H groups in total. The molecule has 1 fully saturated rings. The quantitative estimate of drug-likeness (QED) is 0.804. The number of hydrogen-bond acceptors (Lipinski definition) is 3. The second kappa shape index (κ2) is 7.99. The number of piperidine rings is 1. The zero-order chi connectivity index (χ0) is 17.3. The number of halogens is 5. The molecule has 1 saturated heterocycles. The molecule has 0 spiro atoms. The zero-order valence-corrected chi connectivity index (χ0v) is 14.6. The third-order valence-electron chi connectivity index (χ3n) is 3.85. The van der Waals surface area contributed by atoms with Crippen LogP contribution in [0, 0.1) is 11.7 Å². The molecule has 1 unspecified atom stereocenters. The van der Waals surface area contributed by atoms with E-state index in [1.807, 2.05) is 0 Å². The van der Waals surface area contributed by atoms with Crippen LogP contribution < -0.4 is 5.32 Å². The minimum Gasteiger partial charge on any atom is -0.319 e. The van der Waals surface area contributed by atoms with Gasteiger partial charge in [-0.05, 0) is 50.6 Å². The van der Waals surface area contributed by atoms with E-state index in [1.54, 1.807) is 7.05 Å². The SMILES string of the molecule is CNCC1CCCN(S(=O)(=O)c2cc(C(F)(F)F)ccc2F)C1.Cl. The smallest absolute Gasteiger partial charge is 0.319 e. The third kappa shape index (κ3) is 4.59. The molecular weight excluding hydrogens is 372 g/mol. The fourth-order valence-corrected chi connectivity index (χ4v) is 4.36. The van der Waals surface area contributed by atoms with Crippen molar-refractivity contribution >= 4 is 22.4 Å². The van der Waals surface area contributed by atoms with E-state index in [2.05, 4.69) is 5.32 Å². The molecular formula is C14H19ClF4N2O2S. The fourth-order valence-electron chi connectivity index (χ4n) is 2.72. The Labute approximate surface area is 144 Å². The molecule has 24 heavy (non-hydrogen) atoms. The molecule has 1 heterocycles. The summed E-state index contributed by atoms with van der Waals surface area (Å²) in [5.41, 5.74) is -1.18. The number of nitrogens with zero attached hydrogens (tertiary/aromatic N) is 1. The summed E-state index contributed by atoms with van der Waals surface area (Å²) in [6.45, 7) is 0.939. The van der Waals surface area contributed by atoms with Crippen LogP contribution in [0.3, 0.4) is 0 Å². The van der Waals surface area contributed by atoms with E-state index in [-0.39, 0.29) is 31.4 Å². The highest BCUT2D eigenvalue weighted by atomic mass is 35.5. The standard InChI is InChI=1S/C14H18F4N2O2S.ClH/c1-19-8-10-3-2-6-20(9-10)23(21,22)13-7-11(14(16,17)18)4-5-12(13)15;/h4-5,7,10,19H,2-3,6,8-9H2,1H3;1H. The number of sulfonamides is 1. The summed E-state index contributed by atoms with van der Waals surface area (Å²) >= 11 is 0. The lowest BCUT2D eigenvalue weighted by atomic mass is 10.00. The monoisotopic (exact) mass is 390 g/mol. The van der Waals surface area contributed by atoms with Gasteiger partial charge in [-0.2, -0.15) is 17.5 Å². The van der Waals surface area contributed by atoms with Crippen LogP contribution in [-0.2, 0) is 16.2 Å². The molecule has 0 aromatic heterocycles. The summed E-state index contributed by atoms with van der Waals surface area (Å²) in [7, 11) is -2.56. The molecule has 138 valence electrons. The van der Waals surface area contributed by atoms with E-state index in [1.165, 1.54) is 0 Å². The van der Waals surface area contributed by atoms with Gasteiger partial charge in [0.15, 0.2) is 0 Å². The molecule has 0 saturated carbocycles. The van der Waals surface area contributed by atoms with Crippen LogP contribution in [0.1, 0.15) is 18.4 Å². The summed E-state index contributed by atoms with van der Waals surface area (Å²) in [5.74, 6) is -1.12. The average Bonchev–Trinajstić information content (AvgIpc) is 2.47. The van der Waals surface area contributed by atoms with Crippen LogP contribution >= 0.6 is 12.4 Å². The average molecular weight is 391 g/mol. The molecule has 1 aromatic carbocycles. The van der Waals surface area contributed by atoms with Gasteiger partial charge in [0.1, 0.15) is 10.7 Å². The molecule has 1 atom stereocenters. The summed E-state index contributed by atoms with van der Waals surface area (Å²) < 4.78 is 78.3. The Morgan fingerprint density at radius 2 is 2.00 bits per heavy atom. The molecule has 1 aromatic rings. The summed E-state index contributed by atoms with van der Waals surface area (Å²) in [5, 5.41) is 2.95. The predicted molar refractivity (Wildman–Crippen MR) is 84.1 cm³/mol. The van der Waals surface area contributed by atoms with Gasteiger partial charge in [0.2, 0.25) is 10.0 Å². The van der Waals surface area contributed by atoms with Gasteiger partial charge < -0.3 is 5.32 Å². The van der Waals surface area contributed by atoms with Gasteiger partial charge in [0.05, 0.1) is 5.56 Å². The Hall–Kier alpha value is -0.900. The molecule has 0 amide bonds. The van der Waals surface area contributed by atoms with Crippen molar-refractivity contribution < 1.29 is 26.0 Å². The Bertz CT molecular complexity index is 665. The van der Waals surface area contributed by atoms with Gasteiger partial charge >= 0.3 is 6.18 Å². The maximum absolute atomic E-state index is 13.9. The first-order chi connectivity index (χ1) is 10.7. The number of alkyl halides is 3. The Morgan fingerprint density at radius 3 is 2.58 bits per heavy atom. The van der Waals surface area contributed by atoms with E-state index in [0.717, 1.165) is 10.7 Å². The van der Waals surface area contributed by atoms with Crippen molar-refractivity contribution in [3.63, 3.8) is 0 Å². The van der Waals surface area contributed by atoms with E-state index in [4.69, 9.17) is 0 Å². The van der Waals surface area contributed by atoms with E-state index < -0.39 is 32.5 Å². The maximum atomic E-state index is 13.9. The second-order valence-corrected chi connectivity index (χ2v) is 7.48. The molecule has 2 rings (SSSR count). The third-order valence-corrected chi connectivity index (χ3v) is 5.73. The highest BCUT2D eigenvalue weighted by molar-refractivity contribution is 7.89. The van der Waals surface area contributed by atoms with Crippen molar-refractivity contribution in [3.05, 3.63) is 29.6 Å². The van der Waals surface area contributed by atoms with Crippen molar-refractivity contribution in [2.75, 3.05) is 26.7 Å². The van der Waals surface area contributed by atoms with Crippen LogP contribution in [0.2, 0.25) is 0 Å². The molecule has 1 aliphatic heterocycles. The Balaban J connectivity index is 0.00000288. The van der Waals surface area contributed by atoms with Crippen LogP contribution in [-0.4, -0.2) is 39.4 Å². The van der Waals surface area contributed by atoms with Gasteiger partial charge in [-0.15, -0.1) is 12.4 Å². The largest absolute Gasteiger partial charge is 0.416 e. The van der Waals surface area contributed by atoms with Crippen molar-refractivity contribution in [1.82, 2.24) is 9.62 Å². The molecule has 0 radical (unpaired) electrons. The number of benzene rings is 1. The first-order valence-corrected chi connectivity index (χ1v) is 8.61. The molecule has 1 aliphatic rings. The second-order valence-electron chi connectivity index (χ2n) is 5.57. The van der Waals surface area contributed by atoms with E-state index in [9.17, 15) is 26.0 Å². The molecule has 0 bridgehead atoms. The van der Waals surface area contributed by atoms with Crippen molar-refractivity contribution in [2.24, 2.45) is 5.92 Å². The lowest BCUT2D eigenvalue weighted by Crippen LogP contribution is -2.42. The van der Waals surface area contributed by atoms with Gasteiger partial charge in [-0.25, -0.2) is 12.8 Å². The summed E-state index contributed by atoms with van der Waals surface area (Å²) in [4.78, 5) is -0.919. The first-order valence-electron chi connectivity index (χ1n) is 7.17. The topological polar surface area (TPSA) is 49.4 Å². The van der Waals surface area contributed by atoms with Gasteiger partial charge in [0.25, 0.3) is 0 Å². The minimum absolute atomic E-state index is 0. The van der Waals surface area contributed by atoms with Crippen LogP contribution in [0.25, 0.3) is 0 Å². The molecule has 4 nitrogen and oxygen atoms in total. The van der Waals surface area contributed by atoms with Gasteiger partial charge in [-0.1, -0.05) is 0 Å². The Kier molecular flexibility index (Phi) is 7.04. The highest BCUT2D eigenvalue weighted by Crippen LogP contribution is 2.33. The van der Waals surface area contributed by atoms with E-state index in [0.29, 0.717) is 31.2 Å². The van der Waals surface area contributed by atoms with Crippen molar-refractivity contribution in [2.45, 2.75) is 23.9 Å². The predicted octanol–water partition coefficient (Wildman–Crippen LogP) is 2.89. The van der Waals surface area contributed by atoms with Gasteiger partial charge in [-0.3, -0.25) is 0 Å². The minimum atomic E-state index is -4.73. The highest BCUT2D eigenvalue weighted by Gasteiger charge is 2.36. The number of hydrogen-bond donors (Lipinski definition) is 1. The lowest BCUT2D eigenvalue weighted by Gasteiger charge is -2.32. The molecule has 0 aliphatic carbocycles. The van der Waals surface area contributed by atoms with Crippen LogP contribution in [0.5, 0.6) is 0 Å². The normalized spacial score (nSPS) is 19.8. The van der Waals surface area contributed by atoms with E-state index >= 15 is 0 Å². The lowest BCUT2D eigenvalue weighted by molar-refractivity contribution is -0.137. The fraction of sp³-hybridized carbons (Fsp3) is 0.571. The summed E-state index contributed by atoms with van der Waals surface area (Å²) in [6.07, 6.45) is -3.32. The summed E-state index contributed by atoms with van der Waals surface area (Å²) in [6, 6.07) is 1.45. The zero-order valence-electron chi connectivity index (χ0n) is 12.9. The van der Waals surface area contributed by atoms with Crippen LogP contribution in [0.15, 0.2) is 23.1 Å². The maximum Gasteiger partial charge on any atom is 0.416 e. The van der Waals surface area contributed by atoms with Crippen molar-refractivity contribution in [1.29, 1.82) is 0 Å². The van der Waals surface area contributed by atoms with Crippen LogP contribution in [0.4, 0.5) is 17.6 Å². The van der Waals surface area contributed by atoms with Gasteiger partial charge in [0, 0.05) is 13.1 Å². The number of rotatable bonds is 4.